The standard InChI is InChI=1S/C22H26BrNO2/c1-22(2,3)26-21(25)24(15-17-11-9-16(14-23)10-12-17)20-13-19(20)18-7-5-4-6-8-18/h4-12,19-20H,13-15H2,1-3H3. The van der Waals surface area contributed by atoms with Crippen molar-refractivity contribution in [1.82, 2.24) is 4.90 Å². The van der Waals surface area contributed by atoms with Crippen LogP contribution in [0.3, 0.4) is 0 Å². The fourth-order valence-corrected chi connectivity index (χ4v) is 3.53. The molecule has 0 bridgehead atoms. The smallest absolute Gasteiger partial charge is 0.410 e. The van der Waals surface area contributed by atoms with Gasteiger partial charge in [0.15, 0.2) is 0 Å². The minimum atomic E-state index is -0.494. The van der Waals surface area contributed by atoms with Crippen molar-refractivity contribution in [2.75, 3.05) is 0 Å². The summed E-state index contributed by atoms with van der Waals surface area (Å²) in [6.07, 6.45) is 0.758. The number of hydrogen-bond acceptors (Lipinski definition) is 2. The number of rotatable bonds is 5. The van der Waals surface area contributed by atoms with Gasteiger partial charge in [-0.2, -0.15) is 0 Å². The topological polar surface area (TPSA) is 29.5 Å². The van der Waals surface area contributed by atoms with Crippen LogP contribution in [0.4, 0.5) is 4.79 Å². The monoisotopic (exact) mass is 415 g/mol. The summed E-state index contributed by atoms with van der Waals surface area (Å²) >= 11 is 3.47. The molecule has 0 N–H and O–H groups in total. The molecule has 138 valence electrons. The second-order valence-electron chi connectivity index (χ2n) is 7.88. The molecule has 2 atom stereocenters. The van der Waals surface area contributed by atoms with E-state index in [1.165, 1.54) is 11.1 Å². The second kappa shape index (κ2) is 7.83. The van der Waals surface area contributed by atoms with E-state index in [9.17, 15) is 4.79 Å². The Balaban J connectivity index is 1.77. The van der Waals surface area contributed by atoms with Crippen molar-refractivity contribution >= 4 is 22.0 Å². The van der Waals surface area contributed by atoms with Crippen LogP contribution in [0.2, 0.25) is 0 Å². The molecule has 3 rings (SSSR count). The molecule has 3 nitrogen and oxygen atoms in total. The Morgan fingerprint density at radius 1 is 1.08 bits per heavy atom. The van der Waals surface area contributed by atoms with Gasteiger partial charge in [0.1, 0.15) is 5.60 Å². The number of amides is 1. The molecule has 1 saturated carbocycles. The summed E-state index contributed by atoms with van der Waals surface area (Å²) in [7, 11) is 0. The molecule has 1 aliphatic rings. The van der Waals surface area contributed by atoms with Crippen LogP contribution in [0.25, 0.3) is 0 Å². The Bertz CT molecular complexity index is 737. The van der Waals surface area contributed by atoms with Crippen LogP contribution in [0, 0.1) is 0 Å². The lowest BCUT2D eigenvalue weighted by molar-refractivity contribution is 0.0212. The number of carbonyl (C=O) groups excluding carboxylic acids is 1. The summed E-state index contributed by atoms with van der Waals surface area (Å²) in [5.41, 5.74) is 3.15. The van der Waals surface area contributed by atoms with Crippen LogP contribution >= 0.6 is 15.9 Å². The van der Waals surface area contributed by atoms with Crippen LogP contribution in [-0.2, 0) is 16.6 Å². The number of halogens is 1. The van der Waals surface area contributed by atoms with Crippen LogP contribution < -0.4 is 0 Å². The average molecular weight is 416 g/mol. The van der Waals surface area contributed by atoms with Crippen LogP contribution in [0.5, 0.6) is 0 Å². The van der Waals surface area contributed by atoms with Crippen molar-refractivity contribution < 1.29 is 9.53 Å². The maximum atomic E-state index is 12.8. The maximum Gasteiger partial charge on any atom is 0.410 e. The average Bonchev–Trinajstić information content (AvgIpc) is 3.40. The molecule has 26 heavy (non-hydrogen) atoms. The fourth-order valence-electron chi connectivity index (χ4n) is 3.15. The third-order valence-electron chi connectivity index (χ3n) is 4.54. The molecule has 4 heteroatoms. The third kappa shape index (κ3) is 4.88. The zero-order valence-electron chi connectivity index (χ0n) is 15.6. The summed E-state index contributed by atoms with van der Waals surface area (Å²) in [6, 6.07) is 19.0. The first-order chi connectivity index (χ1) is 12.4. The Kier molecular flexibility index (Phi) is 5.71. The first-order valence-corrected chi connectivity index (χ1v) is 10.2. The van der Waals surface area contributed by atoms with Gasteiger partial charge < -0.3 is 9.64 Å². The number of ether oxygens (including phenoxy) is 1. The van der Waals surface area contributed by atoms with Crippen molar-refractivity contribution in [3.63, 3.8) is 0 Å². The van der Waals surface area contributed by atoms with Crippen molar-refractivity contribution in [3.05, 3.63) is 71.3 Å². The van der Waals surface area contributed by atoms with E-state index >= 15 is 0 Å². The third-order valence-corrected chi connectivity index (χ3v) is 5.19. The van der Waals surface area contributed by atoms with E-state index in [-0.39, 0.29) is 12.1 Å². The fraction of sp³-hybridized carbons (Fsp3) is 0.409. The van der Waals surface area contributed by atoms with Gasteiger partial charge in [-0.15, -0.1) is 0 Å². The first-order valence-electron chi connectivity index (χ1n) is 9.06. The lowest BCUT2D eigenvalue weighted by atomic mass is 10.1. The van der Waals surface area contributed by atoms with E-state index in [1.54, 1.807) is 0 Å². The van der Waals surface area contributed by atoms with Crippen molar-refractivity contribution in [1.29, 1.82) is 0 Å². The number of alkyl halides is 1. The van der Waals surface area contributed by atoms with Gasteiger partial charge in [0, 0.05) is 23.8 Å². The molecule has 0 aromatic heterocycles. The molecule has 1 fully saturated rings. The molecular weight excluding hydrogens is 390 g/mol. The van der Waals surface area contributed by atoms with Crippen LogP contribution in [0.15, 0.2) is 54.6 Å². The maximum absolute atomic E-state index is 12.8. The van der Waals surface area contributed by atoms with Gasteiger partial charge in [-0.3, -0.25) is 0 Å². The quantitative estimate of drug-likeness (QED) is 0.570. The number of carbonyl (C=O) groups is 1. The molecule has 2 unspecified atom stereocenters. The molecule has 1 aliphatic carbocycles. The molecule has 0 saturated heterocycles. The predicted molar refractivity (Wildman–Crippen MR) is 108 cm³/mol. The largest absolute Gasteiger partial charge is 0.444 e. The predicted octanol–water partition coefficient (Wildman–Crippen LogP) is 5.87. The van der Waals surface area contributed by atoms with Crippen molar-refractivity contribution in [3.8, 4) is 0 Å². The molecule has 0 aliphatic heterocycles. The Morgan fingerprint density at radius 2 is 1.69 bits per heavy atom. The Labute approximate surface area is 164 Å². The van der Waals surface area contributed by atoms with Gasteiger partial charge in [0.25, 0.3) is 0 Å². The molecule has 0 spiro atoms. The molecule has 1 amide bonds. The molecule has 2 aromatic rings. The summed E-state index contributed by atoms with van der Waals surface area (Å²) in [5.74, 6) is 0.394. The highest BCUT2D eigenvalue weighted by Gasteiger charge is 2.45. The minimum absolute atomic E-state index is 0.197. The van der Waals surface area contributed by atoms with Crippen LogP contribution in [-0.4, -0.2) is 22.6 Å². The summed E-state index contributed by atoms with van der Waals surface area (Å²) in [4.78, 5) is 14.7. The second-order valence-corrected chi connectivity index (χ2v) is 8.44. The van der Waals surface area contributed by atoms with Crippen molar-refractivity contribution in [2.45, 2.75) is 56.6 Å². The van der Waals surface area contributed by atoms with Gasteiger partial charge in [-0.1, -0.05) is 70.5 Å². The Hall–Kier alpha value is -1.81. The van der Waals surface area contributed by atoms with Crippen LogP contribution in [0.1, 0.15) is 49.8 Å². The molecular formula is C22H26BrNO2. The van der Waals surface area contributed by atoms with Gasteiger partial charge >= 0.3 is 6.09 Å². The van der Waals surface area contributed by atoms with Gasteiger partial charge in [-0.25, -0.2) is 4.79 Å². The number of benzene rings is 2. The zero-order chi connectivity index (χ0) is 18.7. The molecule has 0 heterocycles. The highest BCUT2D eigenvalue weighted by atomic mass is 79.9. The molecule has 0 radical (unpaired) electrons. The van der Waals surface area contributed by atoms with E-state index in [2.05, 4.69) is 64.5 Å². The summed E-state index contributed by atoms with van der Waals surface area (Å²) in [6.45, 7) is 6.31. The van der Waals surface area contributed by atoms with Gasteiger partial charge in [0.05, 0.1) is 0 Å². The van der Waals surface area contributed by atoms with Gasteiger partial charge in [0.2, 0.25) is 0 Å². The number of hydrogen-bond donors (Lipinski definition) is 0. The summed E-state index contributed by atoms with van der Waals surface area (Å²) < 4.78 is 5.68. The van der Waals surface area contributed by atoms with E-state index < -0.39 is 5.60 Å². The van der Waals surface area contributed by atoms with E-state index in [0.717, 1.165) is 17.3 Å². The Morgan fingerprint density at radius 3 is 2.27 bits per heavy atom. The lowest BCUT2D eigenvalue weighted by Gasteiger charge is -2.28. The highest BCUT2D eigenvalue weighted by molar-refractivity contribution is 9.08. The molecule has 2 aromatic carbocycles. The lowest BCUT2D eigenvalue weighted by Crippen LogP contribution is -2.38. The first kappa shape index (κ1) is 19.0. The number of nitrogens with zero attached hydrogens (tertiary/aromatic N) is 1. The summed E-state index contributed by atoms with van der Waals surface area (Å²) in [5, 5.41) is 0.835. The van der Waals surface area contributed by atoms with E-state index in [1.807, 2.05) is 31.7 Å². The van der Waals surface area contributed by atoms with E-state index in [4.69, 9.17) is 4.74 Å². The van der Waals surface area contributed by atoms with Crippen molar-refractivity contribution in [2.24, 2.45) is 0 Å². The SMILES string of the molecule is CC(C)(C)OC(=O)N(Cc1ccc(CBr)cc1)C1CC1c1ccccc1. The zero-order valence-corrected chi connectivity index (χ0v) is 17.2. The normalized spacial score (nSPS) is 19.1. The van der Waals surface area contributed by atoms with Gasteiger partial charge in [-0.05, 0) is 43.9 Å². The van der Waals surface area contributed by atoms with E-state index in [0.29, 0.717) is 12.5 Å². The minimum Gasteiger partial charge on any atom is -0.444 e. The highest BCUT2D eigenvalue weighted by Crippen LogP contribution is 2.45.